The predicted molar refractivity (Wildman–Crippen MR) is 95.1 cm³/mol. The molecule has 0 saturated carbocycles. The van der Waals surface area contributed by atoms with E-state index in [-0.39, 0.29) is 11.8 Å². The maximum absolute atomic E-state index is 12.9. The van der Waals surface area contributed by atoms with E-state index < -0.39 is 0 Å². The third kappa shape index (κ3) is 3.72. The number of rotatable bonds is 5. The van der Waals surface area contributed by atoms with Crippen LogP contribution in [0.3, 0.4) is 0 Å². The molecule has 26 heavy (non-hydrogen) atoms. The van der Waals surface area contributed by atoms with Crippen molar-refractivity contribution in [1.29, 1.82) is 0 Å². The second-order valence-electron chi connectivity index (χ2n) is 6.97. The zero-order valence-corrected chi connectivity index (χ0v) is 14.8. The van der Waals surface area contributed by atoms with E-state index in [2.05, 4.69) is 15.2 Å². The number of piperidine rings is 1. The van der Waals surface area contributed by atoms with E-state index in [0.717, 1.165) is 44.7 Å². The summed E-state index contributed by atoms with van der Waals surface area (Å²) >= 11 is 0. The normalized spacial score (nSPS) is 21.1. The molecule has 2 fully saturated rings. The Hall–Kier alpha value is -2.41. The maximum atomic E-state index is 12.9. The van der Waals surface area contributed by atoms with Gasteiger partial charge >= 0.3 is 0 Å². The highest BCUT2D eigenvalue weighted by Gasteiger charge is 2.29. The molecule has 1 unspecified atom stereocenters. The molecular weight excluding hydrogens is 332 g/mol. The number of hydrogen-bond acceptors (Lipinski definition) is 5. The lowest BCUT2D eigenvalue weighted by Gasteiger charge is -2.32. The molecule has 1 N–H and O–H groups in total. The number of hydrogen-bond donors (Lipinski definition) is 1. The van der Waals surface area contributed by atoms with Crippen LogP contribution < -0.4 is 4.74 Å². The first-order valence-corrected chi connectivity index (χ1v) is 9.25. The van der Waals surface area contributed by atoms with Crippen molar-refractivity contribution in [3.8, 4) is 5.88 Å². The van der Waals surface area contributed by atoms with Crippen molar-refractivity contribution in [2.24, 2.45) is 5.92 Å². The van der Waals surface area contributed by atoms with Crippen molar-refractivity contribution in [2.75, 3.05) is 32.9 Å². The fourth-order valence-electron chi connectivity index (χ4n) is 3.65. The van der Waals surface area contributed by atoms with E-state index in [0.29, 0.717) is 30.6 Å². The second-order valence-corrected chi connectivity index (χ2v) is 6.97. The van der Waals surface area contributed by atoms with Gasteiger partial charge in [-0.1, -0.05) is 6.07 Å². The molecule has 4 heterocycles. The van der Waals surface area contributed by atoms with Gasteiger partial charge in [0.05, 0.1) is 30.7 Å². The van der Waals surface area contributed by atoms with Gasteiger partial charge in [-0.3, -0.25) is 9.89 Å². The predicted octanol–water partition coefficient (Wildman–Crippen LogP) is 2.24. The van der Waals surface area contributed by atoms with Gasteiger partial charge in [-0.25, -0.2) is 4.98 Å². The van der Waals surface area contributed by atoms with Gasteiger partial charge in [-0.05, 0) is 31.2 Å². The van der Waals surface area contributed by atoms with E-state index in [1.165, 1.54) is 0 Å². The van der Waals surface area contributed by atoms with E-state index >= 15 is 0 Å². The minimum Gasteiger partial charge on any atom is -0.477 e. The smallest absolute Gasteiger partial charge is 0.257 e. The Morgan fingerprint density at radius 2 is 2.19 bits per heavy atom. The Labute approximate surface area is 152 Å². The minimum atomic E-state index is 0.0738. The van der Waals surface area contributed by atoms with Crippen LogP contribution in [-0.4, -0.2) is 58.9 Å². The first kappa shape index (κ1) is 17.0. The molecule has 0 aromatic carbocycles. The number of nitrogens with zero attached hydrogens (tertiary/aromatic N) is 3. The number of amides is 1. The molecule has 0 bridgehead atoms. The number of nitrogens with one attached hydrogen (secondary N) is 1. The summed E-state index contributed by atoms with van der Waals surface area (Å²) in [4.78, 5) is 19.0. The summed E-state index contributed by atoms with van der Waals surface area (Å²) in [5.74, 6) is 1.44. The van der Waals surface area contributed by atoms with Crippen molar-refractivity contribution in [2.45, 2.75) is 25.2 Å². The fraction of sp³-hybridized carbons (Fsp3) is 0.526. The Kier molecular flexibility index (Phi) is 5.15. The molecule has 2 aliphatic heterocycles. The van der Waals surface area contributed by atoms with Crippen molar-refractivity contribution in [3.05, 3.63) is 41.9 Å². The Morgan fingerprint density at radius 1 is 1.31 bits per heavy atom. The average molecular weight is 356 g/mol. The highest BCUT2D eigenvalue weighted by atomic mass is 16.5. The topological polar surface area (TPSA) is 80.3 Å². The number of H-pyrrole nitrogens is 1. The standard InChI is InChI=1S/C19H24N4O3/c24-19(16-11-21-22-18(16)15-6-10-25-13-15)23-8-4-14(5-9-23)12-26-17-3-1-2-7-20-17/h1-3,7,11,14-15H,4-6,8-10,12-13H2,(H,21,22). The quantitative estimate of drug-likeness (QED) is 0.889. The summed E-state index contributed by atoms with van der Waals surface area (Å²) in [6.45, 7) is 3.56. The van der Waals surface area contributed by atoms with Crippen LogP contribution in [-0.2, 0) is 4.74 Å². The number of aromatic nitrogens is 3. The molecule has 7 heteroatoms. The largest absolute Gasteiger partial charge is 0.477 e. The van der Waals surface area contributed by atoms with E-state index in [9.17, 15) is 4.79 Å². The van der Waals surface area contributed by atoms with Crippen molar-refractivity contribution < 1.29 is 14.3 Å². The number of pyridine rings is 1. The molecule has 1 atom stereocenters. The summed E-state index contributed by atoms with van der Waals surface area (Å²) in [5.41, 5.74) is 1.62. The van der Waals surface area contributed by atoms with Crippen molar-refractivity contribution >= 4 is 5.91 Å². The third-order valence-corrected chi connectivity index (χ3v) is 5.24. The number of carbonyl (C=O) groups is 1. The van der Waals surface area contributed by atoms with Crippen molar-refractivity contribution in [3.63, 3.8) is 0 Å². The first-order chi connectivity index (χ1) is 12.8. The maximum Gasteiger partial charge on any atom is 0.257 e. The molecule has 7 nitrogen and oxygen atoms in total. The minimum absolute atomic E-state index is 0.0738. The van der Waals surface area contributed by atoms with Gasteiger partial charge in [0.1, 0.15) is 0 Å². The van der Waals surface area contributed by atoms with Crippen LogP contribution in [0.15, 0.2) is 30.6 Å². The molecule has 138 valence electrons. The summed E-state index contributed by atoms with van der Waals surface area (Å²) in [7, 11) is 0. The highest BCUT2D eigenvalue weighted by Crippen LogP contribution is 2.28. The Morgan fingerprint density at radius 3 is 2.92 bits per heavy atom. The van der Waals surface area contributed by atoms with Gasteiger partial charge < -0.3 is 14.4 Å². The van der Waals surface area contributed by atoms with E-state index in [4.69, 9.17) is 9.47 Å². The third-order valence-electron chi connectivity index (χ3n) is 5.24. The first-order valence-electron chi connectivity index (χ1n) is 9.25. The highest BCUT2D eigenvalue weighted by molar-refractivity contribution is 5.95. The van der Waals surface area contributed by atoms with Crippen LogP contribution in [0.5, 0.6) is 5.88 Å². The summed E-state index contributed by atoms with van der Waals surface area (Å²) in [6, 6.07) is 5.66. The molecule has 2 aliphatic rings. The average Bonchev–Trinajstić information content (AvgIpc) is 3.38. The lowest BCUT2D eigenvalue weighted by atomic mass is 9.96. The summed E-state index contributed by atoms with van der Waals surface area (Å²) < 4.78 is 11.2. The molecule has 2 aromatic rings. The lowest BCUT2D eigenvalue weighted by Crippen LogP contribution is -2.40. The molecular formula is C19H24N4O3. The van der Waals surface area contributed by atoms with Gasteiger partial charge in [0, 0.05) is 37.9 Å². The van der Waals surface area contributed by atoms with Gasteiger partial charge in [-0.15, -0.1) is 0 Å². The van der Waals surface area contributed by atoms with Crippen molar-refractivity contribution in [1.82, 2.24) is 20.1 Å². The Bertz CT molecular complexity index is 719. The zero-order valence-electron chi connectivity index (χ0n) is 14.8. The van der Waals surface area contributed by atoms with Crippen LogP contribution in [0.2, 0.25) is 0 Å². The number of aromatic amines is 1. The van der Waals surface area contributed by atoms with Crippen LogP contribution in [0.1, 0.15) is 41.2 Å². The SMILES string of the molecule is O=C(c1cn[nH]c1C1CCOC1)N1CCC(COc2ccccn2)CC1. The van der Waals surface area contributed by atoms with E-state index in [1.807, 2.05) is 23.1 Å². The zero-order chi connectivity index (χ0) is 17.8. The van der Waals surface area contributed by atoms with Crippen LogP contribution in [0, 0.1) is 5.92 Å². The molecule has 0 radical (unpaired) electrons. The summed E-state index contributed by atoms with van der Waals surface area (Å²) in [5, 5.41) is 7.12. The summed E-state index contributed by atoms with van der Waals surface area (Å²) in [6.07, 6.45) is 6.22. The fourth-order valence-corrected chi connectivity index (χ4v) is 3.65. The number of carbonyl (C=O) groups excluding carboxylic acids is 1. The van der Waals surface area contributed by atoms with Crippen LogP contribution in [0.4, 0.5) is 0 Å². The lowest BCUT2D eigenvalue weighted by molar-refractivity contribution is 0.0657. The van der Waals surface area contributed by atoms with Crippen LogP contribution >= 0.6 is 0 Å². The molecule has 4 rings (SSSR count). The van der Waals surface area contributed by atoms with Gasteiger partial charge in [0.15, 0.2) is 0 Å². The van der Waals surface area contributed by atoms with E-state index in [1.54, 1.807) is 12.4 Å². The van der Waals surface area contributed by atoms with Gasteiger partial charge in [-0.2, -0.15) is 5.10 Å². The molecule has 2 saturated heterocycles. The van der Waals surface area contributed by atoms with Crippen LogP contribution in [0.25, 0.3) is 0 Å². The second kappa shape index (κ2) is 7.86. The Balaban J connectivity index is 1.30. The molecule has 0 spiro atoms. The molecule has 1 amide bonds. The number of likely N-dealkylation sites (tertiary alicyclic amines) is 1. The number of ether oxygens (including phenoxy) is 2. The monoisotopic (exact) mass is 356 g/mol. The molecule has 0 aliphatic carbocycles. The molecule has 2 aromatic heterocycles. The van der Waals surface area contributed by atoms with Gasteiger partial charge in [0.2, 0.25) is 5.88 Å². The van der Waals surface area contributed by atoms with Gasteiger partial charge in [0.25, 0.3) is 5.91 Å².